The monoisotopic (exact) mass is 223 g/mol. The van der Waals surface area contributed by atoms with E-state index in [-0.39, 0.29) is 12.7 Å². The molecule has 0 aliphatic carbocycles. The summed E-state index contributed by atoms with van der Waals surface area (Å²) in [6, 6.07) is 7.95. The Hall–Kier alpha value is -1.22. The minimum Gasteiger partial charge on any atom is -0.491 e. The van der Waals surface area contributed by atoms with Gasteiger partial charge in [-0.15, -0.1) is 0 Å². The lowest BCUT2D eigenvalue weighted by Crippen LogP contribution is -2.06. The third kappa shape index (κ3) is 5.03. The SMILES string of the molecule is CC(C)Oc1ccc(NCCCCO)cc1. The highest BCUT2D eigenvalue weighted by Crippen LogP contribution is 2.16. The van der Waals surface area contributed by atoms with Gasteiger partial charge in [-0.3, -0.25) is 0 Å². The molecule has 0 heterocycles. The first-order chi connectivity index (χ1) is 7.72. The molecule has 1 rings (SSSR count). The topological polar surface area (TPSA) is 41.5 Å². The molecule has 0 aliphatic rings. The number of benzene rings is 1. The van der Waals surface area contributed by atoms with Gasteiger partial charge < -0.3 is 15.2 Å². The summed E-state index contributed by atoms with van der Waals surface area (Å²) in [5.41, 5.74) is 1.09. The third-order valence-electron chi connectivity index (χ3n) is 2.14. The molecule has 0 atom stereocenters. The summed E-state index contributed by atoms with van der Waals surface area (Å²) >= 11 is 0. The number of rotatable bonds is 7. The number of aliphatic hydroxyl groups is 1. The van der Waals surface area contributed by atoms with Crippen molar-refractivity contribution in [2.45, 2.75) is 32.8 Å². The maximum Gasteiger partial charge on any atom is 0.119 e. The zero-order valence-corrected chi connectivity index (χ0v) is 10.1. The van der Waals surface area contributed by atoms with Gasteiger partial charge in [-0.05, 0) is 51.0 Å². The zero-order valence-electron chi connectivity index (χ0n) is 10.1. The molecule has 0 fully saturated rings. The molecule has 0 unspecified atom stereocenters. The second kappa shape index (κ2) is 7.12. The van der Waals surface area contributed by atoms with Crippen LogP contribution in [0.4, 0.5) is 5.69 Å². The lowest BCUT2D eigenvalue weighted by Gasteiger charge is -2.10. The minimum atomic E-state index is 0.211. The first kappa shape index (κ1) is 12.8. The summed E-state index contributed by atoms with van der Waals surface area (Å²) in [4.78, 5) is 0. The second-order valence-electron chi connectivity index (χ2n) is 4.05. The van der Waals surface area contributed by atoms with E-state index in [1.165, 1.54) is 0 Å². The van der Waals surface area contributed by atoms with Gasteiger partial charge in [0.25, 0.3) is 0 Å². The van der Waals surface area contributed by atoms with E-state index in [4.69, 9.17) is 9.84 Å². The number of ether oxygens (including phenoxy) is 1. The van der Waals surface area contributed by atoms with Crippen LogP contribution in [0.25, 0.3) is 0 Å². The number of anilines is 1. The van der Waals surface area contributed by atoms with Gasteiger partial charge in [0.15, 0.2) is 0 Å². The average molecular weight is 223 g/mol. The lowest BCUT2D eigenvalue weighted by atomic mass is 10.2. The van der Waals surface area contributed by atoms with Gasteiger partial charge in [0.1, 0.15) is 5.75 Å². The van der Waals surface area contributed by atoms with Crippen molar-refractivity contribution >= 4 is 5.69 Å². The Bertz CT molecular complexity index is 282. The van der Waals surface area contributed by atoms with E-state index in [1.54, 1.807) is 0 Å². The number of unbranched alkanes of at least 4 members (excludes halogenated alkanes) is 1. The van der Waals surface area contributed by atoms with E-state index >= 15 is 0 Å². The third-order valence-corrected chi connectivity index (χ3v) is 2.14. The fourth-order valence-corrected chi connectivity index (χ4v) is 1.39. The first-order valence-electron chi connectivity index (χ1n) is 5.84. The summed E-state index contributed by atoms with van der Waals surface area (Å²) in [5, 5.41) is 11.9. The van der Waals surface area contributed by atoms with Crippen molar-refractivity contribution in [3.63, 3.8) is 0 Å². The van der Waals surface area contributed by atoms with Crippen LogP contribution in [0.2, 0.25) is 0 Å². The van der Waals surface area contributed by atoms with Crippen LogP contribution in [-0.2, 0) is 0 Å². The second-order valence-corrected chi connectivity index (χ2v) is 4.05. The van der Waals surface area contributed by atoms with Gasteiger partial charge >= 0.3 is 0 Å². The van der Waals surface area contributed by atoms with Crippen LogP contribution in [0, 0.1) is 0 Å². The van der Waals surface area contributed by atoms with Gasteiger partial charge in [0, 0.05) is 18.8 Å². The van der Waals surface area contributed by atoms with Crippen LogP contribution in [-0.4, -0.2) is 24.4 Å². The van der Waals surface area contributed by atoms with E-state index in [1.807, 2.05) is 38.1 Å². The molecule has 0 aromatic heterocycles. The van der Waals surface area contributed by atoms with Crippen LogP contribution in [0.5, 0.6) is 5.75 Å². The molecule has 0 saturated carbocycles. The van der Waals surface area contributed by atoms with Crippen LogP contribution >= 0.6 is 0 Å². The Morgan fingerprint density at radius 2 is 1.88 bits per heavy atom. The smallest absolute Gasteiger partial charge is 0.119 e. The fraction of sp³-hybridized carbons (Fsp3) is 0.538. The Balaban J connectivity index is 2.33. The van der Waals surface area contributed by atoms with Crippen molar-refractivity contribution in [1.82, 2.24) is 0 Å². The number of nitrogens with one attached hydrogen (secondary N) is 1. The van der Waals surface area contributed by atoms with E-state index in [0.717, 1.165) is 30.8 Å². The Morgan fingerprint density at radius 3 is 2.44 bits per heavy atom. The van der Waals surface area contributed by atoms with Crippen LogP contribution in [0.1, 0.15) is 26.7 Å². The Morgan fingerprint density at radius 1 is 1.19 bits per heavy atom. The maximum absolute atomic E-state index is 8.64. The Labute approximate surface area is 97.4 Å². The van der Waals surface area contributed by atoms with Gasteiger partial charge in [0.05, 0.1) is 6.10 Å². The molecule has 0 aliphatic heterocycles. The van der Waals surface area contributed by atoms with Crippen LogP contribution in [0.15, 0.2) is 24.3 Å². The minimum absolute atomic E-state index is 0.211. The standard InChI is InChI=1S/C13H21NO2/c1-11(2)16-13-7-5-12(6-8-13)14-9-3-4-10-15/h5-8,11,14-15H,3-4,9-10H2,1-2H3. The molecule has 16 heavy (non-hydrogen) atoms. The molecule has 0 radical (unpaired) electrons. The summed E-state index contributed by atoms with van der Waals surface area (Å²) in [6.45, 7) is 5.19. The van der Waals surface area contributed by atoms with Gasteiger partial charge in [0.2, 0.25) is 0 Å². The van der Waals surface area contributed by atoms with Crippen molar-refractivity contribution in [3.8, 4) is 5.75 Å². The summed E-state index contributed by atoms with van der Waals surface area (Å²) < 4.78 is 5.55. The number of hydrogen-bond acceptors (Lipinski definition) is 3. The van der Waals surface area contributed by atoms with Gasteiger partial charge in [-0.25, -0.2) is 0 Å². The highest BCUT2D eigenvalue weighted by Gasteiger charge is 1.97. The molecule has 90 valence electrons. The van der Waals surface area contributed by atoms with Gasteiger partial charge in [-0.1, -0.05) is 0 Å². The highest BCUT2D eigenvalue weighted by atomic mass is 16.5. The molecule has 0 saturated heterocycles. The predicted molar refractivity (Wildman–Crippen MR) is 67.0 cm³/mol. The maximum atomic E-state index is 8.64. The Kier molecular flexibility index (Phi) is 5.72. The molecule has 2 N–H and O–H groups in total. The molecule has 0 amide bonds. The van der Waals surface area contributed by atoms with E-state index in [2.05, 4.69) is 5.32 Å². The molecule has 1 aromatic carbocycles. The van der Waals surface area contributed by atoms with E-state index in [9.17, 15) is 0 Å². The van der Waals surface area contributed by atoms with Crippen molar-refractivity contribution in [3.05, 3.63) is 24.3 Å². The molecule has 3 heteroatoms. The lowest BCUT2D eigenvalue weighted by molar-refractivity contribution is 0.242. The molecular formula is C13H21NO2. The zero-order chi connectivity index (χ0) is 11.8. The average Bonchev–Trinajstić information content (AvgIpc) is 2.26. The molecule has 1 aromatic rings. The molecule has 0 bridgehead atoms. The fourth-order valence-electron chi connectivity index (χ4n) is 1.39. The van der Waals surface area contributed by atoms with Crippen LogP contribution in [0.3, 0.4) is 0 Å². The largest absolute Gasteiger partial charge is 0.491 e. The van der Waals surface area contributed by atoms with Crippen molar-refractivity contribution in [2.75, 3.05) is 18.5 Å². The molecule has 3 nitrogen and oxygen atoms in total. The van der Waals surface area contributed by atoms with Gasteiger partial charge in [-0.2, -0.15) is 0 Å². The van der Waals surface area contributed by atoms with Crippen molar-refractivity contribution < 1.29 is 9.84 Å². The predicted octanol–water partition coefficient (Wildman–Crippen LogP) is 2.66. The normalized spacial score (nSPS) is 10.5. The van der Waals surface area contributed by atoms with E-state index < -0.39 is 0 Å². The molecular weight excluding hydrogens is 202 g/mol. The molecule has 0 spiro atoms. The highest BCUT2D eigenvalue weighted by molar-refractivity contribution is 5.46. The van der Waals surface area contributed by atoms with Crippen molar-refractivity contribution in [1.29, 1.82) is 0 Å². The van der Waals surface area contributed by atoms with Crippen molar-refractivity contribution in [2.24, 2.45) is 0 Å². The summed E-state index contributed by atoms with van der Waals surface area (Å²) in [6.07, 6.45) is 2.05. The quantitative estimate of drug-likeness (QED) is 0.698. The number of aliphatic hydroxyl groups excluding tert-OH is 1. The first-order valence-corrected chi connectivity index (χ1v) is 5.84. The van der Waals surface area contributed by atoms with E-state index in [0.29, 0.717) is 0 Å². The number of hydrogen-bond donors (Lipinski definition) is 2. The summed E-state index contributed by atoms with van der Waals surface area (Å²) in [5.74, 6) is 0.899. The summed E-state index contributed by atoms with van der Waals surface area (Å²) in [7, 11) is 0. The van der Waals surface area contributed by atoms with Crippen LogP contribution < -0.4 is 10.1 Å².